The Hall–Kier alpha value is -1.06. The van der Waals surface area contributed by atoms with E-state index in [-0.39, 0.29) is 6.61 Å². The van der Waals surface area contributed by atoms with E-state index in [0.29, 0.717) is 5.02 Å². The van der Waals surface area contributed by atoms with Crippen molar-refractivity contribution in [2.24, 2.45) is 0 Å². The monoisotopic (exact) mass is 214 g/mol. The normalized spacial score (nSPS) is 12.4. The molecule has 0 amide bonds. The van der Waals surface area contributed by atoms with E-state index in [0.717, 1.165) is 5.56 Å². The van der Waals surface area contributed by atoms with Crippen molar-refractivity contribution in [2.45, 2.75) is 19.6 Å². The molecule has 1 aromatic carbocycles. The molecule has 0 saturated carbocycles. The standard InChI is InChI=1S/C10H11ClO3/c1-7(10(12)13)14-6-8-2-4-9(11)5-3-8/h2-5,7H,6H2,1H3,(H,12,13). The van der Waals surface area contributed by atoms with Gasteiger partial charge in [0.15, 0.2) is 6.10 Å². The van der Waals surface area contributed by atoms with Crippen LogP contribution in [0.1, 0.15) is 12.5 Å². The van der Waals surface area contributed by atoms with Crippen molar-refractivity contribution in [1.29, 1.82) is 0 Å². The van der Waals surface area contributed by atoms with Gasteiger partial charge in [0, 0.05) is 5.02 Å². The summed E-state index contributed by atoms with van der Waals surface area (Å²) in [5.41, 5.74) is 0.905. The summed E-state index contributed by atoms with van der Waals surface area (Å²) >= 11 is 5.69. The third-order valence-corrected chi connectivity index (χ3v) is 2.01. The minimum Gasteiger partial charge on any atom is -0.479 e. The maximum Gasteiger partial charge on any atom is 0.332 e. The summed E-state index contributed by atoms with van der Waals surface area (Å²) in [6.07, 6.45) is -0.786. The minimum absolute atomic E-state index is 0.282. The zero-order valence-electron chi connectivity index (χ0n) is 7.74. The lowest BCUT2D eigenvalue weighted by Crippen LogP contribution is -2.19. The smallest absolute Gasteiger partial charge is 0.332 e. The Kier molecular flexibility index (Phi) is 3.92. The first-order valence-electron chi connectivity index (χ1n) is 4.18. The third kappa shape index (κ3) is 3.36. The number of halogens is 1. The molecule has 1 aromatic rings. The molecule has 0 aliphatic rings. The number of benzene rings is 1. The van der Waals surface area contributed by atoms with Crippen LogP contribution in [0.5, 0.6) is 0 Å². The highest BCUT2D eigenvalue weighted by Gasteiger charge is 2.10. The largest absolute Gasteiger partial charge is 0.479 e. The highest BCUT2D eigenvalue weighted by Crippen LogP contribution is 2.10. The minimum atomic E-state index is -0.959. The van der Waals surface area contributed by atoms with E-state index in [1.165, 1.54) is 6.92 Å². The van der Waals surface area contributed by atoms with Crippen LogP contribution in [0.25, 0.3) is 0 Å². The van der Waals surface area contributed by atoms with Crippen LogP contribution in [0, 0.1) is 0 Å². The maximum absolute atomic E-state index is 10.4. The van der Waals surface area contributed by atoms with E-state index < -0.39 is 12.1 Å². The summed E-state index contributed by atoms with van der Waals surface area (Å²) in [5, 5.41) is 9.21. The molecular weight excluding hydrogens is 204 g/mol. The molecule has 0 saturated heterocycles. The Morgan fingerprint density at radius 3 is 2.57 bits per heavy atom. The lowest BCUT2D eigenvalue weighted by atomic mass is 10.2. The van der Waals surface area contributed by atoms with Crippen LogP contribution in [0.4, 0.5) is 0 Å². The molecule has 1 rings (SSSR count). The van der Waals surface area contributed by atoms with Crippen LogP contribution in [0.2, 0.25) is 5.02 Å². The molecule has 0 aliphatic heterocycles. The van der Waals surface area contributed by atoms with Crippen LogP contribution in [0.15, 0.2) is 24.3 Å². The fraction of sp³-hybridized carbons (Fsp3) is 0.300. The van der Waals surface area contributed by atoms with E-state index in [2.05, 4.69) is 0 Å². The van der Waals surface area contributed by atoms with Crippen molar-refractivity contribution in [3.63, 3.8) is 0 Å². The van der Waals surface area contributed by atoms with Gasteiger partial charge < -0.3 is 9.84 Å². The van der Waals surface area contributed by atoms with Gasteiger partial charge in [-0.3, -0.25) is 0 Å². The lowest BCUT2D eigenvalue weighted by Gasteiger charge is -2.07. The second-order valence-corrected chi connectivity index (χ2v) is 3.35. The van der Waals surface area contributed by atoms with Crippen molar-refractivity contribution >= 4 is 17.6 Å². The SMILES string of the molecule is CC(OCc1ccc(Cl)cc1)C(=O)O. The van der Waals surface area contributed by atoms with Gasteiger partial charge in [-0.05, 0) is 24.6 Å². The lowest BCUT2D eigenvalue weighted by molar-refractivity contribution is -0.149. The average molecular weight is 215 g/mol. The number of hydrogen-bond donors (Lipinski definition) is 1. The molecule has 1 unspecified atom stereocenters. The molecule has 0 heterocycles. The van der Waals surface area contributed by atoms with Crippen molar-refractivity contribution in [3.8, 4) is 0 Å². The van der Waals surface area contributed by atoms with E-state index in [4.69, 9.17) is 21.4 Å². The van der Waals surface area contributed by atoms with Crippen molar-refractivity contribution in [2.75, 3.05) is 0 Å². The van der Waals surface area contributed by atoms with Gasteiger partial charge in [-0.1, -0.05) is 23.7 Å². The van der Waals surface area contributed by atoms with Gasteiger partial charge in [0.25, 0.3) is 0 Å². The first kappa shape index (κ1) is 11.0. The van der Waals surface area contributed by atoms with Crippen LogP contribution in [-0.4, -0.2) is 17.2 Å². The molecule has 3 nitrogen and oxygen atoms in total. The average Bonchev–Trinajstić information content (AvgIpc) is 2.16. The molecule has 0 radical (unpaired) electrons. The molecule has 0 spiro atoms. The van der Waals surface area contributed by atoms with Gasteiger partial charge in [0.2, 0.25) is 0 Å². The predicted molar refractivity (Wildman–Crippen MR) is 53.3 cm³/mol. The third-order valence-electron chi connectivity index (χ3n) is 1.76. The summed E-state index contributed by atoms with van der Waals surface area (Å²) < 4.78 is 5.09. The summed E-state index contributed by atoms with van der Waals surface area (Å²) in [6, 6.07) is 7.09. The first-order valence-corrected chi connectivity index (χ1v) is 4.56. The van der Waals surface area contributed by atoms with Crippen LogP contribution in [-0.2, 0) is 16.1 Å². The van der Waals surface area contributed by atoms with E-state index >= 15 is 0 Å². The van der Waals surface area contributed by atoms with Gasteiger partial charge in [-0.15, -0.1) is 0 Å². The highest BCUT2D eigenvalue weighted by atomic mass is 35.5. The van der Waals surface area contributed by atoms with Gasteiger partial charge in [0.1, 0.15) is 0 Å². The number of carboxylic acid groups (broad SMARTS) is 1. The Morgan fingerprint density at radius 1 is 1.50 bits per heavy atom. The zero-order chi connectivity index (χ0) is 10.6. The fourth-order valence-corrected chi connectivity index (χ4v) is 0.999. The molecule has 76 valence electrons. The number of aliphatic carboxylic acids is 1. The number of carbonyl (C=O) groups is 1. The molecule has 14 heavy (non-hydrogen) atoms. The second-order valence-electron chi connectivity index (χ2n) is 2.92. The van der Waals surface area contributed by atoms with Crippen LogP contribution < -0.4 is 0 Å². The second kappa shape index (κ2) is 4.98. The molecule has 4 heteroatoms. The number of carboxylic acids is 1. The van der Waals surface area contributed by atoms with Gasteiger partial charge in [-0.25, -0.2) is 4.79 Å². The van der Waals surface area contributed by atoms with Crippen LogP contribution >= 0.6 is 11.6 Å². The fourth-order valence-electron chi connectivity index (χ4n) is 0.873. The topological polar surface area (TPSA) is 46.5 Å². The van der Waals surface area contributed by atoms with E-state index in [1.807, 2.05) is 0 Å². The predicted octanol–water partition coefficient (Wildman–Crippen LogP) is 2.33. The molecule has 1 atom stereocenters. The van der Waals surface area contributed by atoms with Gasteiger partial charge in [-0.2, -0.15) is 0 Å². The Labute approximate surface area is 87.3 Å². The maximum atomic E-state index is 10.4. The Morgan fingerprint density at radius 2 is 2.07 bits per heavy atom. The van der Waals surface area contributed by atoms with Gasteiger partial charge in [0.05, 0.1) is 6.61 Å². The molecule has 1 N–H and O–H groups in total. The number of rotatable bonds is 4. The zero-order valence-corrected chi connectivity index (χ0v) is 8.49. The Bertz CT molecular complexity index is 308. The highest BCUT2D eigenvalue weighted by molar-refractivity contribution is 6.30. The molecule has 0 aromatic heterocycles. The Balaban J connectivity index is 2.46. The van der Waals surface area contributed by atoms with Crippen molar-refractivity contribution < 1.29 is 14.6 Å². The summed E-state index contributed by atoms with van der Waals surface area (Å²) in [7, 11) is 0. The summed E-state index contributed by atoms with van der Waals surface area (Å²) in [4.78, 5) is 10.4. The number of ether oxygens (including phenoxy) is 1. The van der Waals surface area contributed by atoms with Gasteiger partial charge >= 0.3 is 5.97 Å². The van der Waals surface area contributed by atoms with E-state index in [1.54, 1.807) is 24.3 Å². The molecule has 0 aliphatic carbocycles. The van der Waals surface area contributed by atoms with Crippen molar-refractivity contribution in [3.05, 3.63) is 34.9 Å². The quantitative estimate of drug-likeness (QED) is 0.837. The van der Waals surface area contributed by atoms with E-state index in [9.17, 15) is 4.79 Å². The van der Waals surface area contributed by atoms with Crippen molar-refractivity contribution in [1.82, 2.24) is 0 Å². The first-order chi connectivity index (χ1) is 6.59. The summed E-state index contributed by atoms with van der Waals surface area (Å²) in [5.74, 6) is -0.959. The molecular formula is C10H11ClO3. The molecule has 0 bridgehead atoms. The summed E-state index contributed by atoms with van der Waals surface area (Å²) in [6.45, 7) is 1.78. The number of hydrogen-bond acceptors (Lipinski definition) is 2. The molecule has 0 fully saturated rings. The van der Waals surface area contributed by atoms with Crippen LogP contribution in [0.3, 0.4) is 0 Å².